The first-order valence-electron chi connectivity index (χ1n) is 8.56. The van der Waals surface area contributed by atoms with Crippen molar-refractivity contribution < 1.29 is 9.53 Å². The van der Waals surface area contributed by atoms with E-state index < -0.39 is 0 Å². The topological polar surface area (TPSA) is 69.0 Å². The minimum absolute atomic E-state index is 0.0497. The Morgan fingerprint density at radius 1 is 1.22 bits per heavy atom. The molecule has 27 heavy (non-hydrogen) atoms. The Balaban J connectivity index is 1.58. The van der Waals surface area contributed by atoms with E-state index >= 15 is 0 Å². The molecule has 3 aromatic rings. The third-order valence-electron chi connectivity index (χ3n) is 4.06. The number of amides is 1. The molecule has 0 saturated heterocycles. The summed E-state index contributed by atoms with van der Waals surface area (Å²) >= 11 is 1.42. The molecular formula is C20H22N4O2S. The molecule has 1 aromatic carbocycles. The van der Waals surface area contributed by atoms with Gasteiger partial charge >= 0.3 is 0 Å². The van der Waals surface area contributed by atoms with E-state index in [2.05, 4.69) is 47.3 Å². The van der Waals surface area contributed by atoms with E-state index in [1.165, 1.54) is 17.3 Å². The molecule has 0 radical (unpaired) electrons. The van der Waals surface area contributed by atoms with Crippen molar-refractivity contribution in [3.05, 3.63) is 65.6 Å². The number of hydrogen-bond acceptors (Lipinski definition) is 5. The SMILES string of the molecule is COc1ccc(CNC(=O)CSc2nccn2-c2cc(C)ccc2C)cn1. The van der Waals surface area contributed by atoms with E-state index in [0.29, 0.717) is 18.2 Å². The molecule has 140 valence electrons. The number of nitrogens with zero attached hydrogens (tertiary/aromatic N) is 3. The summed E-state index contributed by atoms with van der Waals surface area (Å²) in [6.45, 7) is 4.56. The van der Waals surface area contributed by atoms with Crippen molar-refractivity contribution in [2.24, 2.45) is 0 Å². The molecule has 2 heterocycles. The molecule has 0 aliphatic rings. The molecule has 3 rings (SSSR count). The first-order valence-corrected chi connectivity index (χ1v) is 9.55. The van der Waals surface area contributed by atoms with E-state index in [-0.39, 0.29) is 5.91 Å². The van der Waals surface area contributed by atoms with Gasteiger partial charge in [0.15, 0.2) is 5.16 Å². The molecule has 0 spiro atoms. The summed E-state index contributed by atoms with van der Waals surface area (Å²) in [4.78, 5) is 20.7. The predicted octanol–water partition coefficient (Wildman–Crippen LogP) is 3.30. The van der Waals surface area contributed by atoms with Crippen LogP contribution >= 0.6 is 11.8 Å². The van der Waals surface area contributed by atoms with Gasteiger partial charge in [-0.3, -0.25) is 9.36 Å². The minimum atomic E-state index is -0.0497. The number of nitrogens with one attached hydrogen (secondary N) is 1. The highest BCUT2D eigenvalue weighted by molar-refractivity contribution is 7.99. The average molecular weight is 382 g/mol. The number of aromatic nitrogens is 3. The van der Waals surface area contributed by atoms with Gasteiger partial charge in [0.1, 0.15) is 0 Å². The molecule has 0 aliphatic carbocycles. The fourth-order valence-corrected chi connectivity index (χ4v) is 3.37. The number of imidazole rings is 1. The number of pyridine rings is 1. The monoisotopic (exact) mass is 382 g/mol. The molecule has 7 heteroatoms. The second kappa shape index (κ2) is 8.73. The molecule has 0 bridgehead atoms. The molecule has 0 atom stereocenters. The third-order valence-corrected chi connectivity index (χ3v) is 5.03. The van der Waals surface area contributed by atoms with Crippen LogP contribution in [0, 0.1) is 13.8 Å². The summed E-state index contributed by atoms with van der Waals surface area (Å²) in [5, 5.41) is 3.70. The number of benzene rings is 1. The van der Waals surface area contributed by atoms with Gasteiger partial charge in [-0.2, -0.15) is 0 Å². The van der Waals surface area contributed by atoms with Crippen molar-refractivity contribution in [3.63, 3.8) is 0 Å². The maximum atomic E-state index is 12.2. The van der Waals surface area contributed by atoms with Crippen molar-refractivity contribution >= 4 is 17.7 Å². The number of ether oxygens (including phenoxy) is 1. The van der Waals surface area contributed by atoms with Crippen LogP contribution in [0.2, 0.25) is 0 Å². The number of carbonyl (C=O) groups excluding carboxylic acids is 1. The Labute approximate surface area is 163 Å². The van der Waals surface area contributed by atoms with Crippen LogP contribution in [0.3, 0.4) is 0 Å². The van der Waals surface area contributed by atoms with E-state index in [4.69, 9.17) is 4.74 Å². The van der Waals surface area contributed by atoms with Gasteiger partial charge in [-0.15, -0.1) is 0 Å². The molecule has 0 fully saturated rings. The number of hydrogen-bond donors (Lipinski definition) is 1. The maximum Gasteiger partial charge on any atom is 0.230 e. The van der Waals surface area contributed by atoms with Crippen LogP contribution in [0.5, 0.6) is 5.88 Å². The van der Waals surface area contributed by atoms with E-state index in [1.807, 2.05) is 16.8 Å². The second-order valence-electron chi connectivity index (χ2n) is 6.14. The van der Waals surface area contributed by atoms with Crippen LogP contribution in [0.1, 0.15) is 16.7 Å². The van der Waals surface area contributed by atoms with Gasteiger partial charge in [0, 0.05) is 31.2 Å². The number of rotatable bonds is 7. The standard InChI is InChI=1S/C20H22N4O2S/c1-14-4-5-15(2)17(10-14)24-9-8-21-20(24)27-13-18(25)22-11-16-6-7-19(26-3)23-12-16/h4-10,12H,11,13H2,1-3H3,(H,22,25). The summed E-state index contributed by atoms with van der Waals surface area (Å²) in [5.41, 5.74) is 4.36. The summed E-state index contributed by atoms with van der Waals surface area (Å²) in [7, 11) is 1.57. The summed E-state index contributed by atoms with van der Waals surface area (Å²) in [6.07, 6.45) is 5.37. The van der Waals surface area contributed by atoms with Crippen molar-refractivity contribution in [2.45, 2.75) is 25.5 Å². The number of thioether (sulfide) groups is 1. The predicted molar refractivity (Wildman–Crippen MR) is 106 cm³/mol. The Morgan fingerprint density at radius 3 is 2.81 bits per heavy atom. The lowest BCUT2D eigenvalue weighted by Gasteiger charge is -2.11. The van der Waals surface area contributed by atoms with Crippen molar-refractivity contribution in [1.82, 2.24) is 19.9 Å². The smallest absolute Gasteiger partial charge is 0.230 e. The zero-order chi connectivity index (χ0) is 19.2. The maximum absolute atomic E-state index is 12.2. The van der Waals surface area contributed by atoms with E-state index in [9.17, 15) is 4.79 Å². The van der Waals surface area contributed by atoms with Crippen LogP contribution in [-0.4, -0.2) is 33.3 Å². The Hall–Kier alpha value is -2.80. The second-order valence-corrected chi connectivity index (χ2v) is 7.09. The number of aryl methyl sites for hydroxylation is 2. The van der Waals surface area contributed by atoms with Crippen molar-refractivity contribution in [1.29, 1.82) is 0 Å². The zero-order valence-electron chi connectivity index (χ0n) is 15.6. The van der Waals surface area contributed by atoms with Crippen molar-refractivity contribution in [3.8, 4) is 11.6 Å². The van der Waals surface area contributed by atoms with E-state index in [1.54, 1.807) is 25.6 Å². The van der Waals surface area contributed by atoms with Gasteiger partial charge in [0.05, 0.1) is 18.6 Å². The van der Waals surface area contributed by atoms with Crippen LogP contribution < -0.4 is 10.1 Å². The molecule has 6 nitrogen and oxygen atoms in total. The molecule has 1 amide bonds. The van der Waals surface area contributed by atoms with Gasteiger partial charge in [0.25, 0.3) is 0 Å². The van der Waals surface area contributed by atoms with Crippen LogP contribution in [0.25, 0.3) is 5.69 Å². The molecular weight excluding hydrogens is 360 g/mol. The zero-order valence-corrected chi connectivity index (χ0v) is 16.4. The van der Waals surface area contributed by atoms with Crippen LogP contribution in [0.15, 0.2) is 54.1 Å². The quantitative estimate of drug-likeness (QED) is 0.635. The first-order chi connectivity index (χ1) is 13.1. The lowest BCUT2D eigenvalue weighted by molar-refractivity contribution is -0.118. The molecule has 2 aromatic heterocycles. The first kappa shape index (κ1) is 19.0. The highest BCUT2D eigenvalue weighted by Gasteiger charge is 2.11. The van der Waals surface area contributed by atoms with Gasteiger partial charge in [-0.1, -0.05) is 30.0 Å². The van der Waals surface area contributed by atoms with Crippen molar-refractivity contribution in [2.75, 3.05) is 12.9 Å². The van der Waals surface area contributed by atoms with Gasteiger partial charge in [0.2, 0.25) is 11.8 Å². The molecule has 0 saturated carbocycles. The summed E-state index contributed by atoms with van der Waals surface area (Å²) < 4.78 is 7.05. The Bertz CT molecular complexity index is 922. The largest absolute Gasteiger partial charge is 0.481 e. The highest BCUT2D eigenvalue weighted by Crippen LogP contribution is 2.23. The molecule has 0 aliphatic heterocycles. The Morgan fingerprint density at radius 2 is 2.07 bits per heavy atom. The summed E-state index contributed by atoms with van der Waals surface area (Å²) in [6, 6.07) is 9.96. The highest BCUT2D eigenvalue weighted by atomic mass is 32.2. The van der Waals surface area contributed by atoms with Gasteiger partial charge in [-0.05, 0) is 36.6 Å². The molecule has 0 unspecified atom stereocenters. The fraction of sp³-hybridized carbons (Fsp3) is 0.250. The third kappa shape index (κ3) is 4.89. The number of methoxy groups -OCH3 is 1. The lowest BCUT2D eigenvalue weighted by Crippen LogP contribution is -2.24. The number of carbonyl (C=O) groups is 1. The Kier molecular flexibility index (Phi) is 6.13. The van der Waals surface area contributed by atoms with E-state index in [0.717, 1.165) is 22.0 Å². The lowest BCUT2D eigenvalue weighted by atomic mass is 10.1. The average Bonchev–Trinajstić information content (AvgIpc) is 3.15. The fourth-order valence-electron chi connectivity index (χ4n) is 2.58. The molecule has 1 N–H and O–H groups in total. The normalized spacial score (nSPS) is 10.6. The van der Waals surface area contributed by atoms with Crippen LogP contribution in [-0.2, 0) is 11.3 Å². The van der Waals surface area contributed by atoms with Gasteiger partial charge < -0.3 is 10.1 Å². The summed E-state index contributed by atoms with van der Waals surface area (Å²) in [5.74, 6) is 0.802. The van der Waals surface area contributed by atoms with Crippen LogP contribution in [0.4, 0.5) is 0 Å². The minimum Gasteiger partial charge on any atom is -0.481 e. The van der Waals surface area contributed by atoms with Gasteiger partial charge in [-0.25, -0.2) is 9.97 Å².